The number of anilines is 4. The number of nitro groups is 1. The third-order valence-corrected chi connectivity index (χ3v) is 3.63. The highest BCUT2D eigenvalue weighted by molar-refractivity contribution is 6.07. The lowest BCUT2D eigenvalue weighted by atomic mass is 10.1. The van der Waals surface area contributed by atoms with Crippen molar-refractivity contribution in [3.63, 3.8) is 0 Å². The van der Waals surface area contributed by atoms with Crippen LogP contribution in [0.15, 0.2) is 24.3 Å². The largest absolute Gasteiger partial charge is 0.397 e. The fraction of sp³-hybridized carbons (Fsp3) is 0.0714. The first-order valence-electron chi connectivity index (χ1n) is 6.54. The van der Waals surface area contributed by atoms with Crippen molar-refractivity contribution >= 4 is 34.6 Å². The van der Waals surface area contributed by atoms with Gasteiger partial charge in [-0.05, 0) is 12.1 Å². The average molecular weight is 311 g/mol. The molecule has 9 nitrogen and oxygen atoms in total. The number of fused-ring (bicyclic) bond motifs is 1. The number of amides is 1. The number of nitrogens with zero attached hydrogens (tertiary/aromatic N) is 3. The maximum atomic E-state index is 12.3. The molecule has 114 valence electrons. The van der Waals surface area contributed by atoms with Gasteiger partial charge in [-0.1, -0.05) is 0 Å². The number of hydrogen-bond acceptors (Lipinski definition) is 6. The lowest BCUT2D eigenvalue weighted by Gasteiger charge is -2.12. The molecular weight excluding hydrogens is 300 g/mol. The molecule has 0 saturated carbocycles. The van der Waals surface area contributed by atoms with Gasteiger partial charge in [-0.2, -0.15) is 10.2 Å². The zero-order valence-electron chi connectivity index (χ0n) is 11.7. The fourth-order valence-electron chi connectivity index (χ4n) is 2.53. The van der Waals surface area contributed by atoms with Crippen LogP contribution in [0.3, 0.4) is 0 Å². The van der Waals surface area contributed by atoms with Crippen LogP contribution in [0.2, 0.25) is 0 Å². The Balaban J connectivity index is 2.12. The molecule has 1 aliphatic rings. The molecule has 0 bridgehead atoms. The molecule has 9 heteroatoms. The van der Waals surface area contributed by atoms with Gasteiger partial charge in [0.05, 0.1) is 22.6 Å². The van der Waals surface area contributed by atoms with Crippen LogP contribution < -0.4 is 21.4 Å². The van der Waals surface area contributed by atoms with Crippen LogP contribution in [-0.4, -0.2) is 10.8 Å². The minimum absolute atomic E-state index is 0.0175. The van der Waals surface area contributed by atoms with Crippen molar-refractivity contribution in [1.29, 1.82) is 5.26 Å². The van der Waals surface area contributed by atoms with Crippen LogP contribution >= 0.6 is 0 Å². The second-order valence-corrected chi connectivity index (χ2v) is 4.95. The predicted molar refractivity (Wildman–Crippen MR) is 80.5 cm³/mol. The molecule has 3 rings (SSSR count). The van der Waals surface area contributed by atoms with Crippen molar-refractivity contribution in [3.8, 4) is 6.07 Å². The third-order valence-electron chi connectivity index (χ3n) is 3.63. The number of hydrogen-bond donors (Lipinski definition) is 2. The van der Waals surface area contributed by atoms with E-state index in [0.29, 0.717) is 17.1 Å². The van der Waals surface area contributed by atoms with Gasteiger partial charge < -0.3 is 11.5 Å². The molecule has 0 aliphatic carbocycles. The maximum Gasteiger partial charge on any atom is 0.292 e. The molecule has 2 heterocycles. The number of non-ortho nitro benzene ring substituents is 1. The summed E-state index contributed by atoms with van der Waals surface area (Å²) in [6, 6.07) is 7.43. The number of nitrogen functional groups attached to an aromatic ring is 2. The van der Waals surface area contributed by atoms with Crippen molar-refractivity contribution in [3.05, 3.63) is 45.5 Å². The molecule has 0 atom stereocenters. The Bertz CT molecular complexity index is 885. The number of nitrogens with two attached hydrogens (primary N) is 2. The second kappa shape index (κ2) is 4.96. The Morgan fingerprint density at radius 2 is 1.96 bits per heavy atom. The van der Waals surface area contributed by atoms with Crippen LogP contribution in [0.5, 0.6) is 0 Å². The highest BCUT2D eigenvalue weighted by atomic mass is 16.6. The summed E-state index contributed by atoms with van der Waals surface area (Å²) in [5, 5.41) is 19.8. The molecule has 23 heavy (non-hydrogen) atoms. The van der Waals surface area contributed by atoms with Gasteiger partial charge in [0.1, 0.15) is 17.3 Å². The van der Waals surface area contributed by atoms with Crippen molar-refractivity contribution in [2.75, 3.05) is 16.4 Å². The number of aromatic nitrogens is 1. The molecular formula is C14H11N6O3+. The summed E-state index contributed by atoms with van der Waals surface area (Å²) in [7, 11) is 0. The van der Waals surface area contributed by atoms with Gasteiger partial charge in [0.2, 0.25) is 11.6 Å². The van der Waals surface area contributed by atoms with Crippen molar-refractivity contribution < 1.29 is 14.7 Å². The quantitative estimate of drug-likeness (QED) is 0.613. The van der Waals surface area contributed by atoms with E-state index in [1.165, 1.54) is 29.2 Å². The van der Waals surface area contributed by atoms with Crippen molar-refractivity contribution in [1.82, 2.24) is 0 Å². The van der Waals surface area contributed by atoms with Crippen LogP contribution in [0.25, 0.3) is 0 Å². The molecule has 1 aromatic carbocycles. The first-order valence-corrected chi connectivity index (χ1v) is 6.54. The smallest absolute Gasteiger partial charge is 0.292 e. The summed E-state index contributed by atoms with van der Waals surface area (Å²) >= 11 is 0. The Labute approximate surface area is 129 Å². The molecule has 0 unspecified atom stereocenters. The number of nitrogens with one attached hydrogen (secondary N) is 1. The Morgan fingerprint density at radius 3 is 2.52 bits per heavy atom. The summed E-state index contributed by atoms with van der Waals surface area (Å²) < 4.78 is 0. The predicted octanol–water partition coefficient (Wildman–Crippen LogP) is 0.666. The summed E-state index contributed by atoms with van der Waals surface area (Å²) in [5.41, 5.74) is 12.8. The van der Waals surface area contributed by atoms with Crippen LogP contribution in [0.1, 0.15) is 11.1 Å². The van der Waals surface area contributed by atoms with E-state index in [1.807, 2.05) is 6.07 Å². The van der Waals surface area contributed by atoms with E-state index in [1.54, 1.807) is 0 Å². The minimum Gasteiger partial charge on any atom is -0.397 e. The number of nitriles is 1. The van der Waals surface area contributed by atoms with E-state index in [4.69, 9.17) is 16.7 Å². The number of carbonyl (C=O) groups excluding carboxylic acids is 1. The van der Waals surface area contributed by atoms with Gasteiger partial charge in [-0.25, -0.2) is 4.98 Å². The van der Waals surface area contributed by atoms with Gasteiger partial charge in [0.25, 0.3) is 11.6 Å². The number of carbonyl (C=O) groups is 1. The number of rotatable bonds is 2. The first-order chi connectivity index (χ1) is 10.9. The van der Waals surface area contributed by atoms with Gasteiger partial charge in [-0.15, -0.1) is 0 Å². The molecule has 5 N–H and O–H groups in total. The standard InChI is InChI=1S/C14H10N6O3/c15-6-10-12(16)9-5-11(21)19(14(9)18-13(10)17)7-1-3-8(4-2-7)20(22)23/h1-4H,5H2,(H4,16,17,18)/p+1. The molecule has 1 aromatic heterocycles. The zero-order chi connectivity index (χ0) is 16.7. The van der Waals surface area contributed by atoms with Crippen LogP contribution in [0, 0.1) is 21.4 Å². The van der Waals surface area contributed by atoms with Gasteiger partial charge in [-0.3, -0.25) is 14.9 Å². The molecule has 1 aliphatic heterocycles. The molecule has 0 fully saturated rings. The van der Waals surface area contributed by atoms with E-state index in [9.17, 15) is 14.9 Å². The number of pyridine rings is 1. The van der Waals surface area contributed by atoms with E-state index in [2.05, 4.69) is 4.98 Å². The molecule has 1 amide bonds. The fourth-order valence-corrected chi connectivity index (χ4v) is 2.53. The monoisotopic (exact) mass is 311 g/mol. The molecule has 0 spiro atoms. The summed E-state index contributed by atoms with van der Waals surface area (Å²) in [6.45, 7) is 0. The second-order valence-electron chi connectivity index (χ2n) is 4.95. The van der Waals surface area contributed by atoms with Gasteiger partial charge in [0.15, 0.2) is 0 Å². The highest BCUT2D eigenvalue weighted by Gasteiger charge is 2.38. The van der Waals surface area contributed by atoms with E-state index < -0.39 is 4.92 Å². The lowest BCUT2D eigenvalue weighted by molar-refractivity contribution is -0.384. The Hall–Kier alpha value is -3.67. The maximum absolute atomic E-state index is 12.3. The summed E-state index contributed by atoms with van der Waals surface area (Å²) in [5.74, 6) is 0.162. The number of nitro benzene ring substituents is 1. The summed E-state index contributed by atoms with van der Waals surface area (Å²) in [6.07, 6.45) is 0.0175. The molecule has 0 radical (unpaired) electrons. The van der Waals surface area contributed by atoms with Crippen molar-refractivity contribution in [2.24, 2.45) is 0 Å². The normalized spacial score (nSPS) is 12.8. The highest BCUT2D eigenvalue weighted by Crippen LogP contribution is 2.37. The van der Waals surface area contributed by atoms with E-state index in [0.717, 1.165) is 0 Å². The van der Waals surface area contributed by atoms with Gasteiger partial charge in [0, 0.05) is 12.1 Å². The van der Waals surface area contributed by atoms with Crippen LogP contribution in [0.4, 0.5) is 28.7 Å². The van der Waals surface area contributed by atoms with Crippen molar-refractivity contribution in [2.45, 2.75) is 6.42 Å². The number of aromatic amines is 1. The minimum atomic E-state index is -0.523. The number of H-pyrrole nitrogens is 1. The van der Waals surface area contributed by atoms with E-state index in [-0.39, 0.29) is 35.1 Å². The zero-order valence-corrected chi connectivity index (χ0v) is 11.7. The van der Waals surface area contributed by atoms with E-state index >= 15 is 0 Å². The topological polar surface area (TPSA) is 153 Å². The Kier molecular flexibility index (Phi) is 3.08. The van der Waals surface area contributed by atoms with Gasteiger partial charge >= 0.3 is 0 Å². The third kappa shape index (κ3) is 2.09. The molecule has 2 aromatic rings. The lowest BCUT2D eigenvalue weighted by Crippen LogP contribution is -2.27. The molecule has 0 saturated heterocycles. The first kappa shape index (κ1) is 14.3. The SMILES string of the molecule is N#Cc1c(N)[nH+]c2c(c1N)CC(=O)N2c1ccc([N+](=O)[O-])cc1. The Morgan fingerprint density at radius 1 is 1.30 bits per heavy atom. The van der Waals surface area contributed by atoms with Crippen LogP contribution in [-0.2, 0) is 11.2 Å². The number of benzene rings is 1. The summed E-state index contributed by atoms with van der Waals surface area (Å²) in [4.78, 5) is 26.6. The average Bonchev–Trinajstić information content (AvgIpc) is 2.84.